The lowest BCUT2D eigenvalue weighted by atomic mass is 10.2. The number of hydrogen-bond acceptors (Lipinski definition) is 3. The van der Waals surface area contributed by atoms with Gasteiger partial charge in [-0.25, -0.2) is 0 Å². The molecule has 0 radical (unpaired) electrons. The second-order valence-corrected chi connectivity index (χ2v) is 3.97. The fraction of sp³-hybridized carbons (Fsp3) is 0.462. The number of nitrogens with two attached hydrogens (primary N) is 1. The lowest BCUT2D eigenvalue weighted by Crippen LogP contribution is -2.30. The van der Waals surface area contributed by atoms with Crippen molar-refractivity contribution in [1.29, 1.82) is 0 Å². The smallest absolute Gasteiger partial charge is 0.218 e. The molecule has 0 atom stereocenters. The maximum absolute atomic E-state index is 10.8. The van der Waals surface area contributed by atoms with Crippen molar-refractivity contribution < 1.29 is 9.53 Å². The lowest BCUT2D eigenvalue weighted by Gasteiger charge is -2.21. The molecule has 0 fully saturated rings. The van der Waals surface area contributed by atoms with Crippen molar-refractivity contribution in [1.82, 2.24) is 4.90 Å². The Labute approximate surface area is 102 Å². The van der Waals surface area contributed by atoms with Gasteiger partial charge in [0.05, 0.1) is 6.61 Å². The van der Waals surface area contributed by atoms with Gasteiger partial charge in [-0.3, -0.25) is 9.69 Å². The topological polar surface area (TPSA) is 55.6 Å². The van der Waals surface area contributed by atoms with Crippen molar-refractivity contribution in [3.05, 3.63) is 35.9 Å². The van der Waals surface area contributed by atoms with Gasteiger partial charge in [0, 0.05) is 33.2 Å². The van der Waals surface area contributed by atoms with Crippen LogP contribution in [0.15, 0.2) is 30.3 Å². The van der Waals surface area contributed by atoms with E-state index in [4.69, 9.17) is 10.5 Å². The normalized spacial score (nSPS) is 10.7. The standard InChI is InChI=1S/C13H20N2O2/c1-17-10-9-15(8-7-13(14)16)11-12-5-3-2-4-6-12/h2-6H,7-11H2,1H3,(H2,14,16). The maximum Gasteiger partial charge on any atom is 0.218 e. The summed E-state index contributed by atoms with van der Waals surface area (Å²) in [6, 6.07) is 10.2. The number of amides is 1. The number of benzene rings is 1. The number of ether oxygens (including phenoxy) is 1. The molecule has 0 heterocycles. The highest BCUT2D eigenvalue weighted by atomic mass is 16.5. The van der Waals surface area contributed by atoms with Crippen molar-refractivity contribution in [3.63, 3.8) is 0 Å². The van der Waals surface area contributed by atoms with Crippen LogP contribution in [0.1, 0.15) is 12.0 Å². The summed E-state index contributed by atoms with van der Waals surface area (Å²) in [6.45, 7) is 2.95. The first-order valence-corrected chi connectivity index (χ1v) is 5.76. The lowest BCUT2D eigenvalue weighted by molar-refractivity contribution is -0.118. The largest absolute Gasteiger partial charge is 0.383 e. The van der Waals surface area contributed by atoms with E-state index in [1.807, 2.05) is 18.2 Å². The number of methoxy groups -OCH3 is 1. The van der Waals surface area contributed by atoms with Gasteiger partial charge in [-0.15, -0.1) is 0 Å². The van der Waals surface area contributed by atoms with Gasteiger partial charge in [-0.05, 0) is 5.56 Å². The number of primary amides is 1. The number of nitrogens with zero attached hydrogens (tertiary/aromatic N) is 1. The third-order valence-corrected chi connectivity index (χ3v) is 2.54. The van der Waals surface area contributed by atoms with E-state index in [9.17, 15) is 4.79 Å². The summed E-state index contributed by atoms with van der Waals surface area (Å²) in [6.07, 6.45) is 0.385. The Morgan fingerprint density at radius 2 is 2.00 bits per heavy atom. The molecule has 1 aromatic carbocycles. The van der Waals surface area contributed by atoms with Crippen LogP contribution in [0.25, 0.3) is 0 Å². The molecule has 0 aliphatic heterocycles. The molecule has 0 spiro atoms. The summed E-state index contributed by atoms with van der Waals surface area (Å²) in [7, 11) is 1.68. The first-order valence-electron chi connectivity index (χ1n) is 5.76. The molecule has 2 N–H and O–H groups in total. The van der Waals surface area contributed by atoms with E-state index < -0.39 is 0 Å². The molecule has 0 aromatic heterocycles. The summed E-state index contributed by atoms with van der Waals surface area (Å²) < 4.78 is 5.06. The van der Waals surface area contributed by atoms with Crippen LogP contribution >= 0.6 is 0 Å². The molecule has 1 aromatic rings. The molecule has 1 amide bonds. The summed E-state index contributed by atoms with van der Waals surface area (Å²) in [5, 5.41) is 0. The molecule has 17 heavy (non-hydrogen) atoms. The van der Waals surface area contributed by atoms with Gasteiger partial charge in [0.1, 0.15) is 0 Å². The minimum absolute atomic E-state index is 0.263. The molecule has 94 valence electrons. The molecule has 0 unspecified atom stereocenters. The van der Waals surface area contributed by atoms with E-state index in [-0.39, 0.29) is 5.91 Å². The highest BCUT2D eigenvalue weighted by Crippen LogP contribution is 2.04. The fourth-order valence-electron chi connectivity index (χ4n) is 1.60. The third-order valence-electron chi connectivity index (χ3n) is 2.54. The first-order chi connectivity index (χ1) is 8.22. The van der Waals surface area contributed by atoms with Gasteiger partial charge in [0.25, 0.3) is 0 Å². The third kappa shape index (κ3) is 6.04. The molecular formula is C13H20N2O2. The van der Waals surface area contributed by atoms with E-state index in [0.717, 1.165) is 13.1 Å². The quantitative estimate of drug-likeness (QED) is 0.733. The molecule has 0 saturated heterocycles. The number of carbonyl (C=O) groups excluding carboxylic acids is 1. The molecular weight excluding hydrogens is 216 g/mol. The Balaban J connectivity index is 2.47. The minimum atomic E-state index is -0.263. The van der Waals surface area contributed by atoms with Crippen LogP contribution < -0.4 is 5.73 Å². The fourth-order valence-corrected chi connectivity index (χ4v) is 1.60. The second kappa shape index (κ2) is 7.81. The summed E-state index contributed by atoms with van der Waals surface area (Å²) >= 11 is 0. The zero-order valence-electron chi connectivity index (χ0n) is 10.3. The number of rotatable bonds is 8. The monoisotopic (exact) mass is 236 g/mol. The molecule has 0 aliphatic carbocycles. The predicted molar refractivity (Wildman–Crippen MR) is 67.4 cm³/mol. The molecule has 0 saturated carbocycles. The van der Waals surface area contributed by atoms with Crippen LogP contribution in [-0.2, 0) is 16.1 Å². The average Bonchev–Trinajstić information content (AvgIpc) is 2.34. The average molecular weight is 236 g/mol. The van der Waals surface area contributed by atoms with Gasteiger partial charge in [0.2, 0.25) is 5.91 Å². The molecule has 0 aliphatic rings. The van der Waals surface area contributed by atoms with Crippen LogP contribution in [0.5, 0.6) is 0 Å². The first kappa shape index (κ1) is 13.7. The van der Waals surface area contributed by atoms with E-state index in [2.05, 4.69) is 17.0 Å². The van der Waals surface area contributed by atoms with Gasteiger partial charge in [-0.1, -0.05) is 30.3 Å². The zero-order valence-corrected chi connectivity index (χ0v) is 10.3. The highest BCUT2D eigenvalue weighted by molar-refractivity contribution is 5.73. The summed E-state index contributed by atoms with van der Waals surface area (Å²) in [5.41, 5.74) is 6.40. The molecule has 4 nitrogen and oxygen atoms in total. The van der Waals surface area contributed by atoms with Gasteiger partial charge < -0.3 is 10.5 Å². The highest BCUT2D eigenvalue weighted by Gasteiger charge is 2.07. The van der Waals surface area contributed by atoms with E-state index in [0.29, 0.717) is 19.6 Å². The van der Waals surface area contributed by atoms with Crippen molar-refractivity contribution in [2.45, 2.75) is 13.0 Å². The van der Waals surface area contributed by atoms with Crippen LogP contribution in [0.4, 0.5) is 0 Å². The Hall–Kier alpha value is -1.39. The van der Waals surface area contributed by atoms with Crippen molar-refractivity contribution in [2.24, 2.45) is 5.73 Å². The number of hydrogen-bond donors (Lipinski definition) is 1. The Bertz CT molecular complexity index is 327. The minimum Gasteiger partial charge on any atom is -0.383 e. The van der Waals surface area contributed by atoms with Crippen LogP contribution in [0, 0.1) is 0 Å². The van der Waals surface area contributed by atoms with Crippen molar-refractivity contribution in [3.8, 4) is 0 Å². The van der Waals surface area contributed by atoms with Gasteiger partial charge >= 0.3 is 0 Å². The van der Waals surface area contributed by atoms with Crippen molar-refractivity contribution >= 4 is 5.91 Å². The van der Waals surface area contributed by atoms with E-state index >= 15 is 0 Å². The predicted octanol–water partition coefficient (Wildman–Crippen LogP) is 1.01. The number of carbonyl (C=O) groups is 1. The summed E-state index contributed by atoms with van der Waals surface area (Å²) in [4.78, 5) is 13.0. The SMILES string of the molecule is COCCN(CCC(N)=O)Cc1ccccc1. The molecule has 1 rings (SSSR count). The van der Waals surface area contributed by atoms with Crippen LogP contribution in [0.2, 0.25) is 0 Å². The molecule has 4 heteroatoms. The maximum atomic E-state index is 10.8. The Morgan fingerprint density at radius 3 is 2.59 bits per heavy atom. The van der Waals surface area contributed by atoms with Crippen LogP contribution in [0.3, 0.4) is 0 Å². The van der Waals surface area contributed by atoms with Gasteiger partial charge in [-0.2, -0.15) is 0 Å². The van der Waals surface area contributed by atoms with Gasteiger partial charge in [0.15, 0.2) is 0 Å². The second-order valence-electron chi connectivity index (χ2n) is 3.97. The summed E-state index contributed by atoms with van der Waals surface area (Å²) in [5.74, 6) is -0.263. The Morgan fingerprint density at radius 1 is 1.29 bits per heavy atom. The Kier molecular flexibility index (Phi) is 6.29. The van der Waals surface area contributed by atoms with E-state index in [1.165, 1.54) is 5.56 Å². The van der Waals surface area contributed by atoms with Crippen molar-refractivity contribution in [2.75, 3.05) is 26.8 Å². The van der Waals surface area contributed by atoms with E-state index in [1.54, 1.807) is 7.11 Å². The zero-order chi connectivity index (χ0) is 12.5. The molecule has 0 bridgehead atoms. The van der Waals surface area contributed by atoms with Crippen LogP contribution in [-0.4, -0.2) is 37.6 Å².